The molecule has 2 aromatic carbocycles. The maximum Gasteiger partial charge on any atom is 0.255 e. The fourth-order valence-corrected chi connectivity index (χ4v) is 2.94. The molecule has 1 atom stereocenters. The van der Waals surface area contributed by atoms with E-state index in [-0.39, 0.29) is 11.9 Å². The first-order valence-electron chi connectivity index (χ1n) is 8.60. The molecule has 3 rings (SSSR count). The number of carbonyl (C=O) groups is 1. The SMILES string of the molecule is Cc1nn(C)c(C)c1C(=O)NC(COc1ccccc1)c1ccccc1. The summed E-state index contributed by atoms with van der Waals surface area (Å²) in [6, 6.07) is 19.2. The maximum atomic E-state index is 12.9. The highest BCUT2D eigenvalue weighted by Gasteiger charge is 2.22. The van der Waals surface area contributed by atoms with Crippen LogP contribution in [0.3, 0.4) is 0 Å². The van der Waals surface area contributed by atoms with E-state index in [1.165, 1.54) is 0 Å². The summed E-state index contributed by atoms with van der Waals surface area (Å²) in [7, 11) is 1.84. The quantitative estimate of drug-likeness (QED) is 0.740. The smallest absolute Gasteiger partial charge is 0.255 e. The zero-order valence-electron chi connectivity index (χ0n) is 15.3. The minimum atomic E-state index is -0.261. The van der Waals surface area contributed by atoms with Gasteiger partial charge in [-0.25, -0.2) is 0 Å². The summed E-state index contributed by atoms with van der Waals surface area (Å²) in [5.74, 6) is 0.634. The molecule has 1 unspecified atom stereocenters. The zero-order chi connectivity index (χ0) is 18.5. The average Bonchev–Trinajstić information content (AvgIpc) is 2.92. The molecule has 0 saturated heterocycles. The molecule has 134 valence electrons. The van der Waals surface area contributed by atoms with E-state index >= 15 is 0 Å². The summed E-state index contributed by atoms with van der Waals surface area (Å²) in [5.41, 5.74) is 3.18. The van der Waals surface area contributed by atoms with E-state index in [2.05, 4.69) is 10.4 Å². The Morgan fingerprint density at radius 1 is 1.08 bits per heavy atom. The van der Waals surface area contributed by atoms with Gasteiger partial charge in [0.2, 0.25) is 0 Å². The second kappa shape index (κ2) is 7.87. The molecule has 0 aliphatic rings. The summed E-state index contributed by atoms with van der Waals surface area (Å²) in [5, 5.41) is 7.43. The molecule has 0 aliphatic heterocycles. The molecule has 0 bridgehead atoms. The third-order valence-corrected chi connectivity index (χ3v) is 4.40. The van der Waals surface area contributed by atoms with Gasteiger partial charge in [-0.2, -0.15) is 5.10 Å². The zero-order valence-corrected chi connectivity index (χ0v) is 15.3. The Bertz CT molecular complexity index is 873. The largest absolute Gasteiger partial charge is 0.491 e. The van der Waals surface area contributed by atoms with E-state index in [4.69, 9.17) is 4.74 Å². The highest BCUT2D eigenvalue weighted by Crippen LogP contribution is 2.19. The molecule has 26 heavy (non-hydrogen) atoms. The van der Waals surface area contributed by atoms with Crippen LogP contribution in [0.2, 0.25) is 0 Å². The third kappa shape index (κ3) is 3.94. The van der Waals surface area contributed by atoms with Gasteiger partial charge in [-0.3, -0.25) is 9.48 Å². The van der Waals surface area contributed by atoms with Gasteiger partial charge in [0.25, 0.3) is 5.91 Å². The molecule has 0 radical (unpaired) electrons. The first-order valence-corrected chi connectivity index (χ1v) is 8.60. The number of carbonyl (C=O) groups excluding carboxylic acids is 1. The van der Waals surface area contributed by atoms with Crippen molar-refractivity contribution >= 4 is 5.91 Å². The summed E-state index contributed by atoms with van der Waals surface area (Å²) in [4.78, 5) is 12.9. The first kappa shape index (κ1) is 17.7. The van der Waals surface area contributed by atoms with Crippen LogP contribution in [0.25, 0.3) is 0 Å². The van der Waals surface area contributed by atoms with Crippen molar-refractivity contribution in [1.29, 1.82) is 0 Å². The van der Waals surface area contributed by atoms with Crippen LogP contribution in [0, 0.1) is 13.8 Å². The van der Waals surface area contributed by atoms with Crippen molar-refractivity contribution in [3.8, 4) is 5.75 Å². The topological polar surface area (TPSA) is 56.2 Å². The van der Waals surface area contributed by atoms with Crippen LogP contribution in [0.15, 0.2) is 60.7 Å². The van der Waals surface area contributed by atoms with Crippen LogP contribution in [0.4, 0.5) is 0 Å². The molecule has 1 heterocycles. The average molecular weight is 349 g/mol. The minimum absolute atomic E-state index is 0.140. The number of benzene rings is 2. The number of hydrogen-bond donors (Lipinski definition) is 1. The van der Waals surface area contributed by atoms with E-state index in [1.807, 2.05) is 81.6 Å². The third-order valence-electron chi connectivity index (χ3n) is 4.40. The molecule has 5 nitrogen and oxygen atoms in total. The van der Waals surface area contributed by atoms with Crippen molar-refractivity contribution in [2.75, 3.05) is 6.61 Å². The summed E-state index contributed by atoms with van der Waals surface area (Å²) >= 11 is 0. The highest BCUT2D eigenvalue weighted by molar-refractivity contribution is 5.96. The van der Waals surface area contributed by atoms with E-state index in [1.54, 1.807) is 4.68 Å². The number of hydrogen-bond acceptors (Lipinski definition) is 3. The number of para-hydroxylation sites is 1. The number of amides is 1. The molecule has 0 aliphatic carbocycles. The molecule has 0 saturated carbocycles. The Morgan fingerprint density at radius 2 is 1.69 bits per heavy atom. The van der Waals surface area contributed by atoms with Crippen molar-refractivity contribution in [1.82, 2.24) is 15.1 Å². The lowest BCUT2D eigenvalue weighted by Crippen LogP contribution is -2.33. The predicted molar refractivity (Wildman–Crippen MR) is 101 cm³/mol. The van der Waals surface area contributed by atoms with E-state index in [0.717, 1.165) is 22.7 Å². The van der Waals surface area contributed by atoms with Crippen LogP contribution in [-0.4, -0.2) is 22.3 Å². The lowest BCUT2D eigenvalue weighted by atomic mass is 10.1. The molecule has 1 aromatic heterocycles. The van der Waals surface area contributed by atoms with Gasteiger partial charge in [0.1, 0.15) is 12.4 Å². The van der Waals surface area contributed by atoms with Crippen LogP contribution < -0.4 is 10.1 Å². The van der Waals surface area contributed by atoms with E-state index in [0.29, 0.717) is 12.2 Å². The Hall–Kier alpha value is -3.08. The lowest BCUT2D eigenvalue weighted by Gasteiger charge is -2.20. The van der Waals surface area contributed by atoms with E-state index < -0.39 is 0 Å². The van der Waals surface area contributed by atoms with Gasteiger partial charge in [-0.15, -0.1) is 0 Å². The number of aryl methyl sites for hydroxylation is 2. The van der Waals surface area contributed by atoms with Crippen LogP contribution in [0.5, 0.6) is 5.75 Å². The minimum Gasteiger partial charge on any atom is -0.491 e. The molecule has 0 fully saturated rings. The molecule has 3 aromatic rings. The van der Waals surface area contributed by atoms with Crippen molar-refractivity contribution < 1.29 is 9.53 Å². The van der Waals surface area contributed by atoms with Crippen molar-refractivity contribution in [2.24, 2.45) is 7.05 Å². The van der Waals surface area contributed by atoms with Crippen molar-refractivity contribution in [3.63, 3.8) is 0 Å². The van der Waals surface area contributed by atoms with Crippen molar-refractivity contribution in [3.05, 3.63) is 83.2 Å². The number of nitrogens with one attached hydrogen (secondary N) is 1. The molecule has 5 heteroatoms. The van der Waals surface area contributed by atoms with Crippen LogP contribution in [-0.2, 0) is 7.05 Å². The monoisotopic (exact) mass is 349 g/mol. The lowest BCUT2D eigenvalue weighted by molar-refractivity contribution is 0.0920. The van der Waals surface area contributed by atoms with Gasteiger partial charge in [0.05, 0.1) is 17.3 Å². The Balaban J connectivity index is 1.80. The predicted octanol–water partition coefficient (Wildman–Crippen LogP) is 3.59. The Labute approximate surface area is 153 Å². The van der Waals surface area contributed by atoms with Crippen LogP contribution >= 0.6 is 0 Å². The summed E-state index contributed by atoms with van der Waals surface area (Å²) in [6.07, 6.45) is 0. The fraction of sp³-hybridized carbons (Fsp3) is 0.238. The van der Waals surface area contributed by atoms with E-state index in [9.17, 15) is 4.79 Å². The van der Waals surface area contributed by atoms with Crippen LogP contribution in [0.1, 0.15) is 33.4 Å². The molecular weight excluding hydrogens is 326 g/mol. The van der Waals surface area contributed by atoms with Crippen molar-refractivity contribution in [2.45, 2.75) is 19.9 Å². The molecule has 1 N–H and O–H groups in total. The highest BCUT2D eigenvalue weighted by atomic mass is 16.5. The molecule has 0 spiro atoms. The van der Waals surface area contributed by atoms with Gasteiger partial charge < -0.3 is 10.1 Å². The van der Waals surface area contributed by atoms with Gasteiger partial charge in [-0.05, 0) is 31.5 Å². The maximum absolute atomic E-state index is 12.9. The Morgan fingerprint density at radius 3 is 2.27 bits per heavy atom. The van der Waals surface area contributed by atoms with Gasteiger partial charge in [-0.1, -0.05) is 48.5 Å². The second-order valence-corrected chi connectivity index (χ2v) is 6.23. The first-order chi connectivity index (χ1) is 12.6. The molecule has 1 amide bonds. The number of nitrogens with zero attached hydrogens (tertiary/aromatic N) is 2. The normalized spacial score (nSPS) is 11.8. The summed E-state index contributed by atoms with van der Waals surface area (Å²) < 4.78 is 7.61. The number of rotatable bonds is 6. The fourth-order valence-electron chi connectivity index (χ4n) is 2.94. The van der Waals surface area contributed by atoms with Gasteiger partial charge >= 0.3 is 0 Å². The number of aromatic nitrogens is 2. The van der Waals surface area contributed by atoms with Gasteiger partial charge in [0.15, 0.2) is 0 Å². The summed E-state index contributed by atoms with van der Waals surface area (Å²) in [6.45, 7) is 4.09. The van der Waals surface area contributed by atoms with Gasteiger partial charge in [0, 0.05) is 12.7 Å². The second-order valence-electron chi connectivity index (χ2n) is 6.23. The number of ether oxygens (including phenoxy) is 1. The Kier molecular flexibility index (Phi) is 5.37. The standard InChI is InChI=1S/C21H23N3O2/c1-15-20(16(2)24(3)23-15)21(25)22-19(17-10-6-4-7-11-17)14-26-18-12-8-5-9-13-18/h4-13,19H,14H2,1-3H3,(H,22,25). The molecular formula is C21H23N3O2.